The Kier molecular flexibility index (Phi) is 4.97. The van der Waals surface area contributed by atoms with Crippen LogP contribution in [0.4, 0.5) is 0 Å². The van der Waals surface area contributed by atoms with E-state index in [2.05, 4.69) is 5.32 Å². The van der Waals surface area contributed by atoms with E-state index in [0.29, 0.717) is 19.0 Å². The van der Waals surface area contributed by atoms with Gasteiger partial charge in [0, 0.05) is 24.7 Å². The van der Waals surface area contributed by atoms with Gasteiger partial charge in [0.05, 0.1) is 23.5 Å². The number of amides is 1. The summed E-state index contributed by atoms with van der Waals surface area (Å²) in [6, 6.07) is 3.91. The molecule has 5 nitrogen and oxygen atoms in total. The van der Waals surface area contributed by atoms with Gasteiger partial charge < -0.3 is 15.0 Å². The van der Waals surface area contributed by atoms with Crippen LogP contribution in [-0.4, -0.2) is 54.2 Å². The van der Waals surface area contributed by atoms with Gasteiger partial charge in [0.25, 0.3) is 5.91 Å². The Morgan fingerprint density at radius 2 is 1.87 bits per heavy atom. The number of nitrogens with zero attached hydrogens (tertiary/aromatic N) is 2. The molecule has 2 unspecified atom stereocenters. The first-order valence-electron chi connectivity index (χ1n) is 8.67. The van der Waals surface area contributed by atoms with Gasteiger partial charge in [0.15, 0.2) is 0 Å². The van der Waals surface area contributed by atoms with E-state index in [0.717, 1.165) is 42.9 Å². The van der Waals surface area contributed by atoms with Crippen LogP contribution in [0.1, 0.15) is 54.4 Å². The number of piperidine rings is 1. The lowest BCUT2D eigenvalue weighted by atomic mass is 9.90. The van der Waals surface area contributed by atoms with Gasteiger partial charge in [-0.2, -0.15) is 0 Å². The summed E-state index contributed by atoms with van der Waals surface area (Å²) in [6.45, 7) is 9.36. The molecule has 1 aromatic rings. The van der Waals surface area contributed by atoms with Gasteiger partial charge in [-0.25, -0.2) is 0 Å². The summed E-state index contributed by atoms with van der Waals surface area (Å²) in [5, 5.41) is 3.38. The van der Waals surface area contributed by atoms with Crippen LogP contribution < -0.4 is 5.32 Å². The molecule has 2 atom stereocenters. The number of aryl methyl sites for hydroxylation is 1. The fourth-order valence-electron chi connectivity index (χ4n) is 3.68. The van der Waals surface area contributed by atoms with E-state index in [9.17, 15) is 4.79 Å². The van der Waals surface area contributed by atoms with Gasteiger partial charge in [0.2, 0.25) is 0 Å². The third-order valence-electron chi connectivity index (χ3n) is 4.73. The lowest BCUT2D eigenvalue weighted by Crippen LogP contribution is -2.48. The highest BCUT2D eigenvalue weighted by atomic mass is 16.5. The summed E-state index contributed by atoms with van der Waals surface area (Å²) < 4.78 is 5.75. The summed E-state index contributed by atoms with van der Waals surface area (Å²) in [6.07, 6.45) is 2.27. The molecule has 2 aliphatic heterocycles. The van der Waals surface area contributed by atoms with Gasteiger partial charge in [-0.05, 0) is 58.8 Å². The molecule has 0 spiro atoms. The van der Waals surface area contributed by atoms with E-state index >= 15 is 0 Å². The number of morpholine rings is 1. The van der Waals surface area contributed by atoms with E-state index < -0.39 is 0 Å². The van der Waals surface area contributed by atoms with Crippen LogP contribution in [0, 0.1) is 6.92 Å². The number of carbonyl (C=O) groups excluding carboxylic acids is 1. The zero-order chi connectivity index (χ0) is 16.4. The van der Waals surface area contributed by atoms with Crippen molar-refractivity contribution >= 4 is 5.91 Å². The van der Waals surface area contributed by atoms with Crippen molar-refractivity contribution < 1.29 is 9.53 Å². The van der Waals surface area contributed by atoms with E-state index in [1.54, 1.807) is 0 Å². The van der Waals surface area contributed by atoms with E-state index in [-0.39, 0.29) is 18.1 Å². The molecule has 5 heteroatoms. The standard InChI is InChI=1S/C18H27N3O2/c1-12-4-5-16(17(20-12)15-6-8-19-9-7-15)18(22)21-10-13(2)23-14(3)11-21/h4-5,13-15,19H,6-11H2,1-3H3. The molecule has 0 saturated carbocycles. The van der Waals surface area contributed by atoms with Gasteiger partial charge in [-0.1, -0.05) is 0 Å². The molecule has 2 fully saturated rings. The zero-order valence-corrected chi connectivity index (χ0v) is 14.3. The Morgan fingerprint density at radius 1 is 1.22 bits per heavy atom. The molecule has 126 valence electrons. The van der Waals surface area contributed by atoms with Gasteiger partial charge >= 0.3 is 0 Å². The molecule has 0 radical (unpaired) electrons. The molecule has 0 aromatic carbocycles. The van der Waals surface area contributed by atoms with Crippen LogP contribution in [0.2, 0.25) is 0 Å². The van der Waals surface area contributed by atoms with Crippen molar-refractivity contribution in [2.24, 2.45) is 0 Å². The van der Waals surface area contributed by atoms with Gasteiger partial charge in [0.1, 0.15) is 0 Å². The van der Waals surface area contributed by atoms with Crippen LogP contribution in [0.3, 0.4) is 0 Å². The van der Waals surface area contributed by atoms with Crippen LogP contribution in [-0.2, 0) is 4.74 Å². The highest BCUT2D eigenvalue weighted by Gasteiger charge is 2.30. The predicted molar refractivity (Wildman–Crippen MR) is 89.7 cm³/mol. The zero-order valence-electron chi connectivity index (χ0n) is 14.3. The average Bonchev–Trinajstić information content (AvgIpc) is 2.54. The van der Waals surface area contributed by atoms with Crippen molar-refractivity contribution in [2.45, 2.75) is 51.7 Å². The van der Waals surface area contributed by atoms with Crippen molar-refractivity contribution in [1.29, 1.82) is 0 Å². The third kappa shape index (κ3) is 3.72. The molecule has 2 aliphatic rings. The first-order chi connectivity index (χ1) is 11.0. The summed E-state index contributed by atoms with van der Waals surface area (Å²) in [5.41, 5.74) is 2.76. The van der Waals surface area contributed by atoms with Crippen LogP contribution >= 0.6 is 0 Å². The largest absolute Gasteiger partial charge is 0.372 e. The van der Waals surface area contributed by atoms with Crippen molar-refractivity contribution in [2.75, 3.05) is 26.2 Å². The number of ether oxygens (including phenoxy) is 1. The van der Waals surface area contributed by atoms with Crippen molar-refractivity contribution in [1.82, 2.24) is 15.2 Å². The minimum atomic E-state index is 0.0865. The van der Waals surface area contributed by atoms with Crippen molar-refractivity contribution in [3.05, 3.63) is 29.1 Å². The maximum Gasteiger partial charge on any atom is 0.255 e. The number of carbonyl (C=O) groups is 1. The third-order valence-corrected chi connectivity index (χ3v) is 4.73. The minimum Gasteiger partial charge on any atom is -0.372 e. The second kappa shape index (κ2) is 6.97. The summed E-state index contributed by atoms with van der Waals surface area (Å²) in [5.74, 6) is 0.485. The van der Waals surface area contributed by atoms with Crippen molar-refractivity contribution in [3.8, 4) is 0 Å². The number of pyridine rings is 1. The normalized spacial score (nSPS) is 26.3. The smallest absolute Gasteiger partial charge is 0.255 e. The Labute approximate surface area is 138 Å². The van der Waals surface area contributed by atoms with Crippen LogP contribution in [0.5, 0.6) is 0 Å². The summed E-state index contributed by atoms with van der Waals surface area (Å²) >= 11 is 0. The topological polar surface area (TPSA) is 54.5 Å². The minimum absolute atomic E-state index is 0.0865. The number of nitrogens with one attached hydrogen (secondary N) is 1. The lowest BCUT2D eigenvalue weighted by Gasteiger charge is -2.36. The quantitative estimate of drug-likeness (QED) is 0.908. The number of hydrogen-bond acceptors (Lipinski definition) is 4. The molecular weight excluding hydrogens is 290 g/mol. The Hall–Kier alpha value is -1.46. The van der Waals surface area contributed by atoms with E-state index in [1.165, 1.54) is 0 Å². The van der Waals surface area contributed by atoms with E-state index in [4.69, 9.17) is 9.72 Å². The average molecular weight is 317 g/mol. The summed E-state index contributed by atoms with van der Waals surface area (Å²) in [4.78, 5) is 19.8. The monoisotopic (exact) mass is 317 g/mol. The molecule has 3 heterocycles. The molecule has 1 N–H and O–H groups in total. The fraction of sp³-hybridized carbons (Fsp3) is 0.667. The fourth-order valence-corrected chi connectivity index (χ4v) is 3.68. The number of hydrogen-bond donors (Lipinski definition) is 1. The molecule has 1 amide bonds. The lowest BCUT2D eigenvalue weighted by molar-refractivity contribution is -0.0586. The maximum absolute atomic E-state index is 13.1. The highest BCUT2D eigenvalue weighted by molar-refractivity contribution is 5.95. The highest BCUT2D eigenvalue weighted by Crippen LogP contribution is 2.28. The van der Waals surface area contributed by atoms with Gasteiger partial charge in [-0.3, -0.25) is 9.78 Å². The summed E-state index contributed by atoms with van der Waals surface area (Å²) in [7, 11) is 0. The Bertz CT molecular complexity index is 559. The molecule has 3 rings (SSSR count). The Balaban J connectivity index is 1.87. The van der Waals surface area contributed by atoms with Crippen LogP contribution in [0.15, 0.2) is 12.1 Å². The van der Waals surface area contributed by atoms with Gasteiger partial charge in [-0.15, -0.1) is 0 Å². The first kappa shape index (κ1) is 16.4. The Morgan fingerprint density at radius 3 is 2.52 bits per heavy atom. The first-order valence-corrected chi connectivity index (χ1v) is 8.67. The number of rotatable bonds is 2. The second-order valence-corrected chi connectivity index (χ2v) is 6.88. The molecule has 23 heavy (non-hydrogen) atoms. The molecular formula is C18H27N3O2. The van der Waals surface area contributed by atoms with Crippen molar-refractivity contribution in [3.63, 3.8) is 0 Å². The van der Waals surface area contributed by atoms with Crippen LogP contribution in [0.25, 0.3) is 0 Å². The molecule has 1 aromatic heterocycles. The second-order valence-electron chi connectivity index (χ2n) is 6.88. The molecule has 0 bridgehead atoms. The number of aromatic nitrogens is 1. The molecule has 0 aliphatic carbocycles. The molecule has 2 saturated heterocycles. The predicted octanol–water partition coefficient (Wildman–Crippen LogP) is 2.11. The SMILES string of the molecule is Cc1ccc(C(=O)N2CC(C)OC(C)C2)c(C2CCNCC2)n1. The van der Waals surface area contributed by atoms with E-state index in [1.807, 2.05) is 37.8 Å². The maximum atomic E-state index is 13.1.